The van der Waals surface area contributed by atoms with Gasteiger partial charge in [-0.25, -0.2) is 9.59 Å². The maximum atomic E-state index is 13.8. The Morgan fingerprint density at radius 3 is 0.826 bits per heavy atom. The van der Waals surface area contributed by atoms with Gasteiger partial charge in [0.15, 0.2) is 35.6 Å². The van der Waals surface area contributed by atoms with Gasteiger partial charge in [0.05, 0.1) is 98.4 Å². The van der Waals surface area contributed by atoms with Gasteiger partial charge in [-0.1, -0.05) is 23.7 Å². The van der Waals surface area contributed by atoms with Gasteiger partial charge < -0.3 is 48.5 Å². The molecule has 0 atom stereocenters. The van der Waals surface area contributed by atoms with Gasteiger partial charge in [0.25, 0.3) is 60.7 Å². The molecule has 0 fully saturated rings. The fourth-order valence-corrected chi connectivity index (χ4v) is 9.71. The summed E-state index contributed by atoms with van der Waals surface area (Å²) in [5.41, 5.74) is -6.57. The molecule has 0 aliphatic carbocycles. The molecule has 0 radical (unpaired) electrons. The largest absolute Gasteiger partial charge is 0.492 e. The number of benzene rings is 2. The quantitative estimate of drug-likeness (QED) is 0.0213. The van der Waals surface area contributed by atoms with E-state index in [0.717, 1.165) is 0 Å². The molecular formula is C48H68N2O30S6. The molecule has 0 bridgehead atoms. The SMILES string of the molecule is CC(C)(C)OC(=O)NCC#Cc1c(OCCCS(=O)(=O)O)c(C=O)c(OCCCS(=O)(=O)O)c(-c2c(OCCCS(=O)(=O)O)c(C#CCNC(=O)OC(C)(C)C)c(OCCCS(=O)(=O)O)c(C=O)c2OCCCS(=O)(=O)O)c1OCCCS(=O)(=O)O. The number of hydrogen-bond donors (Lipinski definition) is 8. The van der Waals surface area contributed by atoms with E-state index < -0.39 is 278 Å². The van der Waals surface area contributed by atoms with Crippen molar-refractivity contribution in [2.75, 3.05) is 87.2 Å². The van der Waals surface area contributed by atoms with E-state index in [1.165, 1.54) is 41.5 Å². The first-order chi connectivity index (χ1) is 39.4. The summed E-state index contributed by atoms with van der Waals surface area (Å²) in [5.74, 6) is -0.504. The molecule has 0 spiro atoms. The molecule has 0 aliphatic heterocycles. The lowest BCUT2D eigenvalue weighted by Crippen LogP contribution is -2.32. The zero-order chi connectivity index (χ0) is 65.5. The van der Waals surface area contributed by atoms with Crippen LogP contribution < -0.4 is 39.1 Å². The number of nitrogens with one attached hydrogen (secondary N) is 2. The Labute approximate surface area is 498 Å². The molecule has 38 heteroatoms. The molecule has 86 heavy (non-hydrogen) atoms. The number of carbonyl (C=O) groups excluding carboxylic acids is 4. The van der Waals surface area contributed by atoms with Crippen LogP contribution in [0, 0.1) is 23.7 Å². The minimum Gasteiger partial charge on any atom is -0.492 e. The van der Waals surface area contributed by atoms with E-state index in [9.17, 15) is 97.0 Å². The van der Waals surface area contributed by atoms with Crippen molar-refractivity contribution in [2.24, 2.45) is 0 Å². The molecule has 32 nitrogen and oxygen atoms in total. The minimum atomic E-state index is -4.80. The maximum absolute atomic E-state index is 13.8. The monoisotopic (exact) mass is 1340 g/mol. The Balaban J connectivity index is 3.81. The van der Waals surface area contributed by atoms with Crippen LogP contribution in [-0.4, -0.2) is 201 Å². The molecular weight excluding hydrogens is 1280 g/mol. The Morgan fingerprint density at radius 2 is 0.616 bits per heavy atom. The van der Waals surface area contributed by atoms with Gasteiger partial charge in [0, 0.05) is 0 Å². The summed E-state index contributed by atoms with van der Waals surface area (Å²) in [6.07, 6.45) is -5.67. The van der Waals surface area contributed by atoms with Gasteiger partial charge in [-0.05, 0) is 80.1 Å². The fraction of sp³-hybridized carbons (Fsp3) is 0.583. The Hall–Kier alpha value is -6.30. The standard InChI is InChI=1S/C48H68N2O30S6/c1-47(2,3)79-45(53)49-17-7-15-33-39(73-19-9-25-81(55,56)57)35(31-51)43(77-23-13-29-85(67,68)69)37(41(33)75-21-11-27-83(61,62)63)38-42(76-22-12-28-84(64,65)66)34(16-8-18-50-46(54)80-48(4,5)6)40(74-20-10-26-82(58,59)60)36(32-52)44(38)78-24-14-30-86(70,71)72/h31-32H,9-14,17-30H2,1-6H3,(H,49,53)(H,50,54)(H,55,56,57)(H,58,59,60)(H,61,62,63)(H,64,65,66)(H,67,68,69)(H,70,71,72). The van der Waals surface area contributed by atoms with E-state index in [-0.39, 0.29) is 12.6 Å². The van der Waals surface area contributed by atoms with E-state index in [2.05, 4.69) is 34.3 Å². The first-order valence-corrected chi connectivity index (χ1v) is 34.9. The number of rotatable bonds is 35. The van der Waals surface area contributed by atoms with Crippen LogP contribution in [0.15, 0.2) is 0 Å². The van der Waals surface area contributed by atoms with Crippen LogP contribution in [0.25, 0.3) is 11.1 Å². The number of amides is 2. The Morgan fingerprint density at radius 1 is 0.395 bits per heavy atom. The topological polar surface area (TPSA) is 492 Å². The summed E-state index contributed by atoms with van der Waals surface area (Å²) in [7, 11) is -28.6. The molecule has 2 amide bonds. The Bertz CT molecular complexity index is 3330. The van der Waals surface area contributed by atoms with Gasteiger partial charge >= 0.3 is 12.2 Å². The highest BCUT2D eigenvalue weighted by atomic mass is 32.2. The van der Waals surface area contributed by atoms with Crippen molar-refractivity contribution in [1.29, 1.82) is 0 Å². The van der Waals surface area contributed by atoms with Gasteiger partial charge in [0.2, 0.25) is 0 Å². The van der Waals surface area contributed by atoms with Crippen molar-refractivity contribution in [3.05, 3.63) is 22.3 Å². The maximum Gasteiger partial charge on any atom is 0.408 e. The van der Waals surface area contributed by atoms with E-state index in [4.69, 9.17) is 37.9 Å². The van der Waals surface area contributed by atoms with Crippen molar-refractivity contribution in [1.82, 2.24) is 10.6 Å². The normalized spacial score (nSPS) is 12.3. The molecule has 0 aliphatic rings. The van der Waals surface area contributed by atoms with Crippen LogP contribution in [0.3, 0.4) is 0 Å². The van der Waals surface area contributed by atoms with Crippen LogP contribution in [0.1, 0.15) is 112 Å². The Kier molecular flexibility index (Phi) is 29.2. The second-order valence-electron chi connectivity index (χ2n) is 19.8. The van der Waals surface area contributed by atoms with E-state index in [1.807, 2.05) is 0 Å². The number of aldehydes is 2. The second kappa shape index (κ2) is 33.2. The van der Waals surface area contributed by atoms with Gasteiger partial charge in [-0.2, -0.15) is 50.5 Å². The number of carbonyl (C=O) groups is 4. The van der Waals surface area contributed by atoms with Crippen LogP contribution in [0.5, 0.6) is 34.5 Å². The third-order valence-corrected chi connectivity index (χ3v) is 14.7. The second-order valence-corrected chi connectivity index (χ2v) is 29.2. The average molecular weight is 1350 g/mol. The summed E-state index contributed by atoms with van der Waals surface area (Å²) in [6.45, 7) is 3.03. The highest BCUT2D eigenvalue weighted by Crippen LogP contribution is 2.57. The van der Waals surface area contributed by atoms with Gasteiger partial charge in [-0.3, -0.25) is 36.9 Å². The fourth-order valence-electron chi connectivity index (χ4n) is 6.81. The summed E-state index contributed by atoms with van der Waals surface area (Å²) in [4.78, 5) is 53.2. The average Bonchev–Trinajstić information content (AvgIpc) is 3.42. The van der Waals surface area contributed by atoms with E-state index in [1.54, 1.807) is 0 Å². The molecule has 0 unspecified atom stereocenters. The summed E-state index contributed by atoms with van der Waals surface area (Å²) >= 11 is 0. The molecule has 0 saturated carbocycles. The molecule has 486 valence electrons. The van der Waals surface area contributed by atoms with Crippen LogP contribution in [0.4, 0.5) is 9.59 Å². The van der Waals surface area contributed by atoms with Crippen molar-refractivity contribution in [2.45, 2.75) is 91.3 Å². The molecule has 8 N–H and O–H groups in total. The van der Waals surface area contributed by atoms with Crippen molar-refractivity contribution >= 4 is 85.5 Å². The lowest BCUT2D eigenvalue weighted by molar-refractivity contribution is 0.0523. The highest BCUT2D eigenvalue weighted by Gasteiger charge is 2.37. The van der Waals surface area contributed by atoms with Crippen LogP contribution >= 0.6 is 0 Å². The van der Waals surface area contributed by atoms with Gasteiger partial charge in [0.1, 0.15) is 45.0 Å². The molecule has 0 aromatic heterocycles. The minimum absolute atomic E-state index is 0.0155. The molecule has 2 rings (SSSR count). The summed E-state index contributed by atoms with van der Waals surface area (Å²) in [5, 5.41) is 4.67. The van der Waals surface area contributed by atoms with Crippen molar-refractivity contribution < 1.29 is 135 Å². The highest BCUT2D eigenvalue weighted by molar-refractivity contribution is 7.86. The number of hydrogen-bond acceptors (Lipinski definition) is 24. The summed E-state index contributed by atoms with van der Waals surface area (Å²) < 4.78 is 249. The molecule has 2 aromatic carbocycles. The first-order valence-electron chi connectivity index (χ1n) is 25.2. The van der Waals surface area contributed by atoms with Gasteiger partial charge in [-0.15, -0.1) is 0 Å². The lowest BCUT2D eigenvalue weighted by Gasteiger charge is -2.28. The van der Waals surface area contributed by atoms with Crippen molar-refractivity contribution in [3.63, 3.8) is 0 Å². The van der Waals surface area contributed by atoms with Crippen LogP contribution in [0.2, 0.25) is 0 Å². The van der Waals surface area contributed by atoms with Crippen molar-refractivity contribution in [3.8, 4) is 69.3 Å². The van der Waals surface area contributed by atoms with E-state index >= 15 is 0 Å². The molecule has 0 heterocycles. The van der Waals surface area contributed by atoms with E-state index in [0.29, 0.717) is 0 Å². The summed E-state index contributed by atoms with van der Waals surface area (Å²) in [6, 6.07) is 0. The number of ether oxygens (including phenoxy) is 8. The zero-order valence-electron chi connectivity index (χ0n) is 47.2. The third-order valence-electron chi connectivity index (χ3n) is 9.91. The smallest absolute Gasteiger partial charge is 0.408 e. The number of alkyl carbamates (subject to hydrolysis) is 2. The predicted octanol–water partition coefficient (Wildman–Crippen LogP) is 2.67. The molecule has 2 aromatic rings. The zero-order valence-corrected chi connectivity index (χ0v) is 52.1. The third kappa shape index (κ3) is 30.9. The molecule has 0 saturated heterocycles. The lowest BCUT2D eigenvalue weighted by atomic mass is 9.90. The first kappa shape index (κ1) is 75.8. The predicted molar refractivity (Wildman–Crippen MR) is 304 cm³/mol. The van der Waals surface area contributed by atoms with Crippen LogP contribution in [-0.2, 0) is 70.2 Å².